The number of halogens is 2. The van der Waals surface area contributed by atoms with Crippen molar-refractivity contribution in [2.45, 2.75) is 0 Å². The fourth-order valence-corrected chi connectivity index (χ4v) is 0.560. The van der Waals surface area contributed by atoms with Crippen LogP contribution < -0.4 is 0 Å². The molecule has 1 radical (unpaired) electrons. The lowest BCUT2D eigenvalue weighted by molar-refractivity contribution is 0.576. The predicted octanol–water partition coefficient (Wildman–Crippen LogP) is 1.78. The van der Waals surface area contributed by atoms with Crippen LogP contribution in [0.25, 0.3) is 0 Å². The van der Waals surface area contributed by atoms with Gasteiger partial charge in [0, 0.05) is 12.3 Å². The van der Waals surface area contributed by atoms with Crippen LogP contribution in [0.2, 0.25) is 0 Å². The van der Waals surface area contributed by atoms with Crippen LogP contribution in [0.5, 0.6) is 0 Å². The lowest BCUT2D eigenvalue weighted by Gasteiger charge is -1.85. The normalized spacial score (nSPS) is 9.25. The van der Waals surface area contributed by atoms with Gasteiger partial charge in [-0.2, -0.15) is 4.39 Å². The Morgan fingerprint density at radius 3 is 2.88 bits per heavy atom. The molecule has 1 aromatic heterocycles. The van der Waals surface area contributed by atoms with Gasteiger partial charge in [-0.05, 0) is 22.0 Å². The molecule has 0 fully saturated rings. The van der Waals surface area contributed by atoms with E-state index < -0.39 is 5.95 Å². The fourth-order valence-electron chi connectivity index (χ4n) is 0.326. The lowest BCUT2D eigenvalue weighted by atomic mass is 10.5. The summed E-state index contributed by atoms with van der Waals surface area (Å²) in [6.45, 7) is 0. The summed E-state index contributed by atoms with van der Waals surface area (Å²) in [7, 11) is 0. The first-order valence-electron chi connectivity index (χ1n) is 1.98. The molecule has 0 bridgehead atoms. The van der Waals surface area contributed by atoms with Crippen LogP contribution in [-0.4, -0.2) is 4.98 Å². The minimum absolute atomic E-state index is 0.347. The first kappa shape index (κ1) is 5.69. The molecule has 0 aromatic carbocycles. The lowest BCUT2D eigenvalue weighted by Crippen LogP contribution is -1.79. The standard InChI is InChI=1S/C5H2BrFN/c6-4-2-1-3-8-5(4)7/h2-3H. The van der Waals surface area contributed by atoms with Gasteiger partial charge < -0.3 is 0 Å². The minimum atomic E-state index is -0.497. The van der Waals surface area contributed by atoms with E-state index in [4.69, 9.17) is 0 Å². The van der Waals surface area contributed by atoms with Crippen LogP contribution in [0.4, 0.5) is 4.39 Å². The van der Waals surface area contributed by atoms with Gasteiger partial charge in [-0.1, -0.05) is 0 Å². The van der Waals surface area contributed by atoms with E-state index >= 15 is 0 Å². The third-order valence-electron chi connectivity index (χ3n) is 0.660. The number of pyridine rings is 1. The molecule has 41 valence electrons. The molecule has 0 amide bonds. The number of nitrogens with zero attached hydrogens (tertiary/aromatic N) is 1. The molecule has 0 aliphatic rings. The number of aromatic nitrogens is 1. The largest absolute Gasteiger partial charge is 0.227 e. The van der Waals surface area contributed by atoms with Crippen molar-refractivity contribution in [1.29, 1.82) is 0 Å². The molecule has 1 rings (SSSR count). The Balaban J connectivity index is 3.13. The van der Waals surface area contributed by atoms with Crippen molar-refractivity contribution in [2.75, 3.05) is 0 Å². The summed E-state index contributed by atoms with van der Waals surface area (Å²) in [6.07, 6.45) is 1.28. The number of rotatable bonds is 0. The number of hydrogen-bond acceptors (Lipinski definition) is 1. The van der Waals surface area contributed by atoms with Crippen LogP contribution in [0, 0.1) is 12.0 Å². The third-order valence-corrected chi connectivity index (χ3v) is 1.22. The van der Waals surface area contributed by atoms with Crippen molar-refractivity contribution in [1.82, 2.24) is 4.98 Å². The van der Waals surface area contributed by atoms with Crippen LogP contribution in [-0.2, 0) is 0 Å². The van der Waals surface area contributed by atoms with Gasteiger partial charge in [0.2, 0.25) is 5.95 Å². The maximum absolute atomic E-state index is 12.1. The second kappa shape index (κ2) is 2.22. The van der Waals surface area contributed by atoms with Gasteiger partial charge in [-0.25, -0.2) is 4.98 Å². The molecular weight excluding hydrogens is 173 g/mol. The average molecular weight is 175 g/mol. The zero-order chi connectivity index (χ0) is 5.98. The van der Waals surface area contributed by atoms with Crippen molar-refractivity contribution < 1.29 is 4.39 Å². The maximum Gasteiger partial charge on any atom is 0.227 e. The molecule has 0 atom stereocenters. The van der Waals surface area contributed by atoms with E-state index in [1.54, 1.807) is 0 Å². The summed E-state index contributed by atoms with van der Waals surface area (Å²) in [5, 5.41) is 0. The summed E-state index contributed by atoms with van der Waals surface area (Å²) in [5.74, 6) is -0.497. The molecule has 1 heterocycles. The Hall–Kier alpha value is -0.440. The van der Waals surface area contributed by atoms with Crippen LogP contribution in [0.3, 0.4) is 0 Å². The van der Waals surface area contributed by atoms with Gasteiger partial charge >= 0.3 is 0 Å². The SMILES string of the molecule is Fc1nc[c]cc1Br. The van der Waals surface area contributed by atoms with E-state index in [9.17, 15) is 4.39 Å². The first-order valence-corrected chi connectivity index (χ1v) is 2.77. The van der Waals surface area contributed by atoms with Crippen LogP contribution in [0.15, 0.2) is 16.7 Å². The zero-order valence-electron chi connectivity index (χ0n) is 3.86. The van der Waals surface area contributed by atoms with Gasteiger partial charge in [0.05, 0.1) is 4.47 Å². The quantitative estimate of drug-likeness (QED) is 0.547. The highest BCUT2D eigenvalue weighted by Gasteiger charge is 1.93. The number of hydrogen-bond donors (Lipinski definition) is 0. The second-order valence-electron chi connectivity index (χ2n) is 1.21. The molecule has 1 aromatic rings. The Labute approximate surface area is 54.7 Å². The van der Waals surface area contributed by atoms with Crippen molar-refractivity contribution in [3.05, 3.63) is 28.7 Å². The monoisotopic (exact) mass is 174 g/mol. The van der Waals surface area contributed by atoms with Crippen LogP contribution in [0.1, 0.15) is 0 Å². The summed E-state index contributed by atoms with van der Waals surface area (Å²) in [4.78, 5) is 3.31. The van der Waals surface area contributed by atoms with Gasteiger partial charge in [0.1, 0.15) is 0 Å². The molecule has 0 N–H and O–H groups in total. The zero-order valence-corrected chi connectivity index (χ0v) is 5.44. The van der Waals surface area contributed by atoms with Gasteiger partial charge in [0.15, 0.2) is 0 Å². The van der Waals surface area contributed by atoms with E-state index in [-0.39, 0.29) is 0 Å². The van der Waals surface area contributed by atoms with Crippen molar-refractivity contribution in [2.24, 2.45) is 0 Å². The fraction of sp³-hybridized carbons (Fsp3) is 0. The highest BCUT2D eigenvalue weighted by atomic mass is 79.9. The Morgan fingerprint density at radius 2 is 2.50 bits per heavy atom. The van der Waals surface area contributed by atoms with Gasteiger partial charge in [-0.3, -0.25) is 0 Å². The topological polar surface area (TPSA) is 12.9 Å². The highest BCUT2D eigenvalue weighted by molar-refractivity contribution is 9.10. The van der Waals surface area contributed by atoms with E-state index in [1.807, 2.05) is 0 Å². The Bertz CT molecular complexity index is 169. The second-order valence-corrected chi connectivity index (χ2v) is 2.06. The van der Waals surface area contributed by atoms with Gasteiger partial charge in [-0.15, -0.1) is 0 Å². The molecule has 3 heteroatoms. The predicted molar refractivity (Wildman–Crippen MR) is 30.7 cm³/mol. The smallest absolute Gasteiger partial charge is 0.227 e. The maximum atomic E-state index is 12.1. The highest BCUT2D eigenvalue weighted by Crippen LogP contribution is 2.09. The Kier molecular flexibility index (Phi) is 1.58. The summed E-state index contributed by atoms with van der Waals surface area (Å²) in [5.41, 5.74) is 0. The molecule has 0 saturated carbocycles. The van der Waals surface area contributed by atoms with E-state index in [0.717, 1.165) is 0 Å². The summed E-state index contributed by atoms with van der Waals surface area (Å²) < 4.78 is 12.5. The van der Waals surface area contributed by atoms with Crippen molar-refractivity contribution >= 4 is 15.9 Å². The molecular formula is C5H2BrFN. The van der Waals surface area contributed by atoms with Crippen molar-refractivity contribution in [3.8, 4) is 0 Å². The third kappa shape index (κ3) is 1.04. The van der Waals surface area contributed by atoms with E-state index in [0.29, 0.717) is 4.47 Å². The van der Waals surface area contributed by atoms with Crippen molar-refractivity contribution in [3.63, 3.8) is 0 Å². The average Bonchev–Trinajstić information content (AvgIpc) is 1.77. The Morgan fingerprint density at radius 1 is 1.75 bits per heavy atom. The molecule has 8 heavy (non-hydrogen) atoms. The molecule has 0 saturated heterocycles. The van der Waals surface area contributed by atoms with Crippen LogP contribution >= 0.6 is 15.9 Å². The minimum Gasteiger partial charge on any atom is -0.227 e. The first-order chi connectivity index (χ1) is 3.80. The molecule has 0 unspecified atom stereocenters. The summed E-state index contributed by atoms with van der Waals surface area (Å²) in [6, 6.07) is 4.08. The van der Waals surface area contributed by atoms with E-state index in [2.05, 4.69) is 27.0 Å². The molecule has 0 aliphatic heterocycles. The molecule has 0 spiro atoms. The van der Waals surface area contributed by atoms with Gasteiger partial charge in [0.25, 0.3) is 0 Å². The van der Waals surface area contributed by atoms with E-state index in [1.165, 1.54) is 12.3 Å². The molecule has 1 nitrogen and oxygen atoms in total. The summed E-state index contributed by atoms with van der Waals surface area (Å²) >= 11 is 2.93. The molecule has 0 aliphatic carbocycles.